The molecule has 2 rings (SSSR count). The van der Waals surface area contributed by atoms with E-state index in [0.717, 1.165) is 5.56 Å². The van der Waals surface area contributed by atoms with Gasteiger partial charge >= 0.3 is 7.12 Å². The number of nitrogens with zero attached hydrogens (tertiary/aromatic N) is 1. The van der Waals surface area contributed by atoms with E-state index in [4.69, 9.17) is 9.31 Å². The zero-order chi connectivity index (χ0) is 14.1. The van der Waals surface area contributed by atoms with E-state index in [0.29, 0.717) is 5.47 Å². The third-order valence-electron chi connectivity index (χ3n) is 3.78. The topological polar surface area (TPSA) is 51.6 Å². The maximum atomic E-state index is 9.54. The molecule has 0 spiro atoms. The second kappa shape index (κ2) is 5.08. The van der Waals surface area contributed by atoms with E-state index in [1.54, 1.807) is 12.4 Å². The van der Waals surface area contributed by atoms with Crippen molar-refractivity contribution in [3.8, 4) is 0 Å². The quantitative estimate of drug-likeness (QED) is 0.846. The SMILES string of the molecule is CC1(C)OB(C(=Cc2cccnc2)CO)OC1(C)C. The highest BCUT2D eigenvalue weighted by Gasteiger charge is 2.52. The predicted octanol–water partition coefficient (Wildman–Crippen LogP) is 2.09. The monoisotopic (exact) mass is 261 g/mol. The van der Waals surface area contributed by atoms with Gasteiger partial charge in [0.25, 0.3) is 0 Å². The highest BCUT2D eigenvalue weighted by molar-refractivity contribution is 6.55. The van der Waals surface area contributed by atoms with Crippen LogP contribution in [0.25, 0.3) is 6.08 Å². The molecule has 1 aliphatic rings. The van der Waals surface area contributed by atoms with E-state index in [2.05, 4.69) is 4.98 Å². The molecule has 1 aromatic heterocycles. The molecule has 1 aliphatic heterocycles. The first-order valence-electron chi connectivity index (χ1n) is 6.43. The van der Waals surface area contributed by atoms with Gasteiger partial charge in [-0.1, -0.05) is 12.1 Å². The molecular weight excluding hydrogens is 241 g/mol. The van der Waals surface area contributed by atoms with E-state index in [1.165, 1.54) is 0 Å². The van der Waals surface area contributed by atoms with Crippen LogP contribution in [0.2, 0.25) is 0 Å². The second-order valence-electron chi connectivity index (χ2n) is 5.75. The molecule has 2 heterocycles. The number of aliphatic hydroxyl groups excluding tert-OH is 1. The van der Waals surface area contributed by atoms with Gasteiger partial charge in [0.15, 0.2) is 0 Å². The molecule has 0 aromatic carbocycles. The Morgan fingerprint density at radius 1 is 1.32 bits per heavy atom. The molecule has 0 aliphatic carbocycles. The summed E-state index contributed by atoms with van der Waals surface area (Å²) in [6.45, 7) is 7.86. The summed E-state index contributed by atoms with van der Waals surface area (Å²) in [6, 6.07) is 3.78. The Balaban J connectivity index is 2.23. The first-order chi connectivity index (χ1) is 8.86. The molecule has 0 radical (unpaired) electrons. The first kappa shape index (κ1) is 14.2. The van der Waals surface area contributed by atoms with Crippen LogP contribution in [0.1, 0.15) is 33.3 Å². The maximum Gasteiger partial charge on any atom is 0.492 e. The molecule has 5 heteroatoms. The van der Waals surface area contributed by atoms with Crippen LogP contribution in [-0.2, 0) is 9.31 Å². The van der Waals surface area contributed by atoms with Crippen LogP contribution in [0.3, 0.4) is 0 Å². The van der Waals surface area contributed by atoms with Crippen molar-refractivity contribution in [2.45, 2.75) is 38.9 Å². The van der Waals surface area contributed by atoms with Gasteiger partial charge in [-0.05, 0) is 44.8 Å². The Bertz CT molecular complexity index is 455. The standard InChI is InChI=1S/C14H20BNO3/c1-13(2)14(3,4)19-15(18-13)12(10-17)8-11-6-5-7-16-9-11/h5-9,17H,10H2,1-4H3. The van der Waals surface area contributed by atoms with Gasteiger partial charge in [-0.15, -0.1) is 0 Å². The molecule has 19 heavy (non-hydrogen) atoms. The Morgan fingerprint density at radius 3 is 2.42 bits per heavy atom. The summed E-state index contributed by atoms with van der Waals surface area (Å²) in [5, 5.41) is 9.54. The maximum absolute atomic E-state index is 9.54. The van der Waals surface area contributed by atoms with E-state index in [9.17, 15) is 5.11 Å². The van der Waals surface area contributed by atoms with Gasteiger partial charge in [-0.25, -0.2) is 0 Å². The molecule has 1 N–H and O–H groups in total. The molecule has 1 aromatic rings. The van der Waals surface area contributed by atoms with Crippen molar-refractivity contribution in [1.29, 1.82) is 0 Å². The summed E-state index contributed by atoms with van der Waals surface area (Å²) in [6.07, 6.45) is 5.31. The first-order valence-corrected chi connectivity index (χ1v) is 6.43. The molecule has 4 nitrogen and oxygen atoms in total. The van der Waals surface area contributed by atoms with Crippen molar-refractivity contribution in [1.82, 2.24) is 4.98 Å². The second-order valence-corrected chi connectivity index (χ2v) is 5.75. The number of hydrogen-bond acceptors (Lipinski definition) is 4. The van der Waals surface area contributed by atoms with Gasteiger partial charge in [-0.2, -0.15) is 0 Å². The van der Waals surface area contributed by atoms with Gasteiger partial charge < -0.3 is 14.4 Å². The zero-order valence-corrected chi connectivity index (χ0v) is 11.9. The molecule has 102 valence electrons. The Kier molecular flexibility index (Phi) is 3.81. The lowest BCUT2D eigenvalue weighted by Gasteiger charge is -2.32. The number of rotatable bonds is 3. The minimum atomic E-state index is -0.518. The number of aromatic nitrogens is 1. The van der Waals surface area contributed by atoms with Crippen LogP contribution < -0.4 is 0 Å². The fourth-order valence-corrected chi connectivity index (χ4v) is 1.86. The minimum Gasteiger partial charge on any atom is -0.400 e. The highest BCUT2D eigenvalue weighted by atomic mass is 16.7. The van der Waals surface area contributed by atoms with Gasteiger partial charge in [-0.3, -0.25) is 4.98 Å². The molecule has 0 atom stereocenters. The van der Waals surface area contributed by atoms with Crippen LogP contribution in [-0.4, -0.2) is 35.0 Å². The van der Waals surface area contributed by atoms with Crippen LogP contribution in [0, 0.1) is 0 Å². The van der Waals surface area contributed by atoms with Crippen molar-refractivity contribution in [2.24, 2.45) is 0 Å². The van der Waals surface area contributed by atoms with E-state index >= 15 is 0 Å². The van der Waals surface area contributed by atoms with Crippen LogP contribution in [0.15, 0.2) is 30.0 Å². The van der Waals surface area contributed by atoms with Crippen molar-refractivity contribution in [3.05, 3.63) is 35.6 Å². The minimum absolute atomic E-state index is 0.105. The van der Waals surface area contributed by atoms with Gasteiger partial charge in [0, 0.05) is 12.4 Å². The summed E-state index contributed by atoms with van der Waals surface area (Å²) in [7, 11) is -0.518. The lowest BCUT2D eigenvalue weighted by atomic mass is 9.77. The van der Waals surface area contributed by atoms with Crippen molar-refractivity contribution < 1.29 is 14.4 Å². The predicted molar refractivity (Wildman–Crippen MR) is 75.4 cm³/mol. The average Bonchev–Trinajstić information content (AvgIpc) is 2.56. The third-order valence-corrected chi connectivity index (χ3v) is 3.78. The fourth-order valence-electron chi connectivity index (χ4n) is 1.86. The summed E-state index contributed by atoms with van der Waals surface area (Å²) < 4.78 is 11.8. The fraction of sp³-hybridized carbons (Fsp3) is 0.500. The Labute approximate surface area is 114 Å². The molecule has 0 amide bonds. The van der Waals surface area contributed by atoms with Gasteiger partial charge in [0.2, 0.25) is 0 Å². The van der Waals surface area contributed by atoms with Crippen molar-refractivity contribution >= 4 is 13.2 Å². The Hall–Kier alpha value is -1.17. The molecule has 1 fully saturated rings. The van der Waals surface area contributed by atoms with E-state index in [-0.39, 0.29) is 6.61 Å². The summed E-state index contributed by atoms with van der Waals surface area (Å²) in [5.74, 6) is 0. The van der Waals surface area contributed by atoms with Crippen LogP contribution in [0.4, 0.5) is 0 Å². The summed E-state index contributed by atoms with van der Waals surface area (Å²) >= 11 is 0. The zero-order valence-electron chi connectivity index (χ0n) is 11.9. The van der Waals surface area contributed by atoms with Gasteiger partial charge in [0.05, 0.1) is 17.8 Å². The van der Waals surface area contributed by atoms with Crippen LogP contribution >= 0.6 is 0 Å². The molecular formula is C14H20BNO3. The van der Waals surface area contributed by atoms with Gasteiger partial charge in [0.1, 0.15) is 0 Å². The number of hydrogen-bond donors (Lipinski definition) is 1. The van der Waals surface area contributed by atoms with E-state index in [1.807, 2.05) is 45.9 Å². The van der Waals surface area contributed by atoms with E-state index < -0.39 is 18.3 Å². The van der Waals surface area contributed by atoms with Crippen LogP contribution in [0.5, 0.6) is 0 Å². The summed E-state index contributed by atoms with van der Waals surface area (Å²) in [4.78, 5) is 4.05. The van der Waals surface area contributed by atoms with Crippen molar-refractivity contribution in [2.75, 3.05) is 6.61 Å². The number of pyridine rings is 1. The smallest absolute Gasteiger partial charge is 0.400 e. The molecule has 0 bridgehead atoms. The van der Waals surface area contributed by atoms with Crippen molar-refractivity contribution in [3.63, 3.8) is 0 Å². The largest absolute Gasteiger partial charge is 0.492 e. The molecule has 1 saturated heterocycles. The lowest BCUT2D eigenvalue weighted by Crippen LogP contribution is -2.41. The lowest BCUT2D eigenvalue weighted by molar-refractivity contribution is 0.00578. The molecule has 0 saturated carbocycles. The highest BCUT2D eigenvalue weighted by Crippen LogP contribution is 2.38. The molecule has 0 unspecified atom stereocenters. The summed E-state index contributed by atoms with van der Waals surface area (Å²) in [5.41, 5.74) is 0.815. The Morgan fingerprint density at radius 2 is 1.95 bits per heavy atom. The normalized spacial score (nSPS) is 21.7. The third kappa shape index (κ3) is 2.89. The average molecular weight is 261 g/mol. The number of aliphatic hydroxyl groups is 1.